The van der Waals surface area contributed by atoms with Crippen molar-refractivity contribution in [3.8, 4) is 0 Å². The van der Waals surface area contributed by atoms with Gasteiger partial charge in [0.2, 0.25) is 0 Å². The number of allylic oxidation sites excluding steroid dienone is 1. The lowest BCUT2D eigenvalue weighted by molar-refractivity contribution is -0.384. The molecule has 0 aromatic heterocycles. The molecule has 0 aliphatic rings. The largest absolute Gasteiger partial charge is 0.269 e. The first-order valence-corrected chi connectivity index (χ1v) is 4.89. The van der Waals surface area contributed by atoms with Gasteiger partial charge in [0.25, 0.3) is 5.69 Å². The number of non-ortho nitro benzene ring substituents is 1. The van der Waals surface area contributed by atoms with Crippen molar-refractivity contribution < 1.29 is 4.92 Å². The third-order valence-corrected chi connectivity index (χ3v) is 2.30. The first-order valence-electron chi connectivity index (χ1n) is 4.89. The van der Waals surface area contributed by atoms with Crippen LogP contribution in [0.4, 0.5) is 5.69 Å². The fourth-order valence-corrected chi connectivity index (χ4v) is 1.59. The van der Waals surface area contributed by atoms with Gasteiger partial charge < -0.3 is 0 Å². The zero-order chi connectivity index (χ0) is 11.4. The Morgan fingerprint density at radius 3 is 2.80 bits per heavy atom. The molecule has 15 heavy (non-hydrogen) atoms. The summed E-state index contributed by atoms with van der Waals surface area (Å²) in [6, 6.07) is 6.79. The van der Waals surface area contributed by atoms with Crippen molar-refractivity contribution >= 4 is 5.69 Å². The van der Waals surface area contributed by atoms with E-state index >= 15 is 0 Å². The number of hydrogen-bond donors (Lipinski definition) is 0. The van der Waals surface area contributed by atoms with E-state index in [2.05, 4.69) is 6.58 Å². The number of rotatable bonds is 4. The maximum Gasteiger partial charge on any atom is 0.269 e. The second-order valence-corrected chi connectivity index (χ2v) is 3.91. The quantitative estimate of drug-likeness (QED) is 0.427. The van der Waals surface area contributed by atoms with E-state index in [9.17, 15) is 10.1 Å². The Morgan fingerprint density at radius 1 is 1.60 bits per heavy atom. The van der Waals surface area contributed by atoms with Crippen LogP contribution in [0.3, 0.4) is 0 Å². The van der Waals surface area contributed by atoms with E-state index in [1.54, 1.807) is 12.1 Å². The lowest BCUT2D eigenvalue weighted by Crippen LogP contribution is -1.96. The predicted molar refractivity (Wildman–Crippen MR) is 60.9 cm³/mol. The average molecular weight is 205 g/mol. The third kappa shape index (κ3) is 3.20. The highest BCUT2D eigenvalue weighted by Crippen LogP contribution is 2.25. The van der Waals surface area contributed by atoms with Crippen molar-refractivity contribution in [1.82, 2.24) is 0 Å². The molecule has 3 heteroatoms. The molecule has 0 aliphatic heterocycles. The predicted octanol–water partition coefficient (Wildman–Crippen LogP) is 3.66. The van der Waals surface area contributed by atoms with Crippen LogP contribution >= 0.6 is 0 Å². The fourth-order valence-electron chi connectivity index (χ4n) is 1.59. The Labute approximate surface area is 89.6 Å². The van der Waals surface area contributed by atoms with Crippen molar-refractivity contribution in [2.75, 3.05) is 0 Å². The molecule has 80 valence electrons. The summed E-state index contributed by atoms with van der Waals surface area (Å²) in [7, 11) is 0. The van der Waals surface area contributed by atoms with E-state index in [1.165, 1.54) is 6.07 Å². The fraction of sp³-hybridized carbons (Fsp3) is 0.333. The highest BCUT2D eigenvalue weighted by atomic mass is 16.6. The highest BCUT2D eigenvalue weighted by Gasteiger charge is 2.10. The summed E-state index contributed by atoms with van der Waals surface area (Å²) in [6.45, 7) is 7.86. The van der Waals surface area contributed by atoms with Gasteiger partial charge in [-0.1, -0.05) is 24.6 Å². The molecule has 0 saturated carbocycles. The Balaban J connectivity index is 2.89. The number of nitro groups is 1. The molecule has 0 fully saturated rings. The summed E-state index contributed by atoms with van der Waals surface area (Å²) >= 11 is 0. The number of nitrogens with zero attached hydrogens (tertiary/aromatic N) is 1. The average Bonchev–Trinajstić information content (AvgIpc) is 2.17. The monoisotopic (exact) mass is 205 g/mol. The molecular formula is C12H15NO2. The SMILES string of the molecule is C=C(C)CC(C)c1cccc([N+](=O)[O-])c1. The van der Waals surface area contributed by atoms with E-state index in [0.717, 1.165) is 17.6 Å². The molecule has 0 spiro atoms. The maximum absolute atomic E-state index is 10.6. The van der Waals surface area contributed by atoms with Gasteiger partial charge in [-0.2, -0.15) is 0 Å². The molecule has 0 aliphatic carbocycles. The van der Waals surface area contributed by atoms with Gasteiger partial charge >= 0.3 is 0 Å². The van der Waals surface area contributed by atoms with Gasteiger partial charge in [0.15, 0.2) is 0 Å². The number of hydrogen-bond acceptors (Lipinski definition) is 2. The van der Waals surface area contributed by atoms with Crippen LogP contribution in [0.2, 0.25) is 0 Å². The Hall–Kier alpha value is -1.64. The first kappa shape index (κ1) is 11.4. The summed E-state index contributed by atoms with van der Waals surface area (Å²) in [5.74, 6) is 0.280. The Kier molecular flexibility index (Phi) is 3.61. The molecule has 0 heterocycles. The summed E-state index contributed by atoms with van der Waals surface area (Å²) in [4.78, 5) is 10.2. The van der Waals surface area contributed by atoms with Crippen molar-refractivity contribution in [3.63, 3.8) is 0 Å². The lowest BCUT2D eigenvalue weighted by Gasteiger charge is -2.10. The Bertz CT molecular complexity index is 385. The van der Waals surface area contributed by atoms with Crippen molar-refractivity contribution in [2.24, 2.45) is 0 Å². The summed E-state index contributed by atoms with van der Waals surface area (Å²) in [6.07, 6.45) is 0.862. The van der Waals surface area contributed by atoms with Crippen LogP contribution in [0.15, 0.2) is 36.4 Å². The molecule has 1 aromatic rings. The van der Waals surface area contributed by atoms with E-state index in [0.29, 0.717) is 0 Å². The standard InChI is InChI=1S/C12H15NO2/c1-9(2)7-10(3)11-5-4-6-12(8-11)13(14)15/h4-6,8,10H,1,7H2,2-3H3. The molecule has 1 atom stereocenters. The van der Waals surface area contributed by atoms with Crippen LogP contribution in [0.5, 0.6) is 0 Å². The molecule has 0 radical (unpaired) electrons. The van der Waals surface area contributed by atoms with Crippen LogP contribution in [-0.4, -0.2) is 4.92 Å². The van der Waals surface area contributed by atoms with Crippen molar-refractivity contribution in [1.29, 1.82) is 0 Å². The molecule has 0 amide bonds. The molecule has 1 rings (SSSR count). The number of nitro benzene ring substituents is 1. The molecule has 3 nitrogen and oxygen atoms in total. The molecule has 0 bridgehead atoms. The molecular weight excluding hydrogens is 190 g/mol. The van der Waals surface area contributed by atoms with Gasteiger partial charge in [0, 0.05) is 12.1 Å². The van der Waals surface area contributed by atoms with Gasteiger partial charge in [0.05, 0.1) is 4.92 Å². The van der Waals surface area contributed by atoms with Crippen LogP contribution in [0.1, 0.15) is 31.7 Å². The maximum atomic E-state index is 10.6. The highest BCUT2D eigenvalue weighted by molar-refractivity contribution is 5.36. The van der Waals surface area contributed by atoms with Crippen LogP contribution in [-0.2, 0) is 0 Å². The van der Waals surface area contributed by atoms with Gasteiger partial charge in [0.1, 0.15) is 0 Å². The second kappa shape index (κ2) is 4.73. The number of benzene rings is 1. The van der Waals surface area contributed by atoms with Gasteiger partial charge in [-0.3, -0.25) is 10.1 Å². The zero-order valence-electron chi connectivity index (χ0n) is 9.06. The van der Waals surface area contributed by atoms with E-state index in [4.69, 9.17) is 0 Å². The minimum absolute atomic E-state index is 0.154. The minimum Gasteiger partial charge on any atom is -0.258 e. The first-order chi connectivity index (χ1) is 7.00. The summed E-state index contributed by atoms with van der Waals surface area (Å²) in [5, 5.41) is 10.6. The Morgan fingerprint density at radius 2 is 2.27 bits per heavy atom. The van der Waals surface area contributed by atoms with E-state index in [1.807, 2.05) is 19.9 Å². The third-order valence-electron chi connectivity index (χ3n) is 2.30. The van der Waals surface area contributed by atoms with Crippen LogP contribution < -0.4 is 0 Å². The van der Waals surface area contributed by atoms with E-state index < -0.39 is 0 Å². The molecule has 0 N–H and O–H groups in total. The minimum atomic E-state index is -0.364. The van der Waals surface area contributed by atoms with Crippen molar-refractivity contribution in [2.45, 2.75) is 26.2 Å². The lowest BCUT2D eigenvalue weighted by atomic mass is 9.94. The van der Waals surface area contributed by atoms with Gasteiger partial charge in [-0.15, -0.1) is 6.58 Å². The smallest absolute Gasteiger partial charge is 0.258 e. The normalized spacial score (nSPS) is 12.1. The molecule has 1 unspecified atom stereocenters. The van der Waals surface area contributed by atoms with Gasteiger partial charge in [-0.25, -0.2) is 0 Å². The molecule has 1 aromatic carbocycles. The van der Waals surface area contributed by atoms with Crippen molar-refractivity contribution in [3.05, 3.63) is 52.1 Å². The topological polar surface area (TPSA) is 43.1 Å². The summed E-state index contributed by atoms with van der Waals surface area (Å²) in [5.41, 5.74) is 2.24. The summed E-state index contributed by atoms with van der Waals surface area (Å²) < 4.78 is 0. The molecule has 0 saturated heterocycles. The van der Waals surface area contributed by atoms with Gasteiger partial charge in [-0.05, 0) is 24.8 Å². The van der Waals surface area contributed by atoms with E-state index in [-0.39, 0.29) is 16.5 Å². The second-order valence-electron chi connectivity index (χ2n) is 3.91. The van der Waals surface area contributed by atoms with Crippen LogP contribution in [0, 0.1) is 10.1 Å². The zero-order valence-corrected chi connectivity index (χ0v) is 9.06. The van der Waals surface area contributed by atoms with Crippen LogP contribution in [0.25, 0.3) is 0 Å².